The molecule has 1 aliphatic carbocycles. The summed E-state index contributed by atoms with van der Waals surface area (Å²) in [6.07, 6.45) is 4.56. The van der Waals surface area contributed by atoms with Gasteiger partial charge in [-0.15, -0.1) is 0 Å². The zero-order valence-electron chi connectivity index (χ0n) is 22.0. The molecule has 0 spiro atoms. The first-order valence-electron chi connectivity index (χ1n) is 13.2. The average molecular weight is 597 g/mol. The number of carbonyl (C=O) groups excluding carboxylic acids is 1. The SMILES string of the molecule is Cn1cc(C(CO)c2cc(F)c3c(c2)C(=O)N(Cc2ccc(Cl)cn2)[C@@]3(OC2CC(O)C2)c2ccc(Cl)cc2)cn1. The number of aliphatic hydroxyl groups is 2. The highest BCUT2D eigenvalue weighted by molar-refractivity contribution is 6.30. The molecule has 2 aromatic carbocycles. The molecule has 1 fully saturated rings. The number of ether oxygens (including phenoxy) is 1. The van der Waals surface area contributed by atoms with Crippen molar-refractivity contribution in [1.29, 1.82) is 0 Å². The Morgan fingerprint density at radius 3 is 2.44 bits per heavy atom. The van der Waals surface area contributed by atoms with Crippen LogP contribution in [-0.2, 0) is 24.1 Å². The lowest BCUT2D eigenvalue weighted by atomic mass is 9.86. The van der Waals surface area contributed by atoms with Crippen LogP contribution in [0.2, 0.25) is 10.0 Å². The van der Waals surface area contributed by atoms with Crippen molar-refractivity contribution in [3.05, 3.63) is 116 Å². The molecular weight excluding hydrogens is 570 g/mol. The number of aryl methyl sites for hydroxylation is 1. The summed E-state index contributed by atoms with van der Waals surface area (Å²) in [7, 11) is 1.75. The Labute approximate surface area is 245 Å². The molecule has 8 nitrogen and oxygen atoms in total. The van der Waals surface area contributed by atoms with Gasteiger partial charge in [0.05, 0.1) is 53.4 Å². The van der Waals surface area contributed by atoms with E-state index in [0.717, 1.165) is 0 Å². The summed E-state index contributed by atoms with van der Waals surface area (Å²) in [5.74, 6) is -1.72. The molecule has 6 rings (SSSR count). The molecule has 1 aliphatic heterocycles. The Bertz CT molecular complexity index is 1590. The molecule has 212 valence electrons. The van der Waals surface area contributed by atoms with Crippen molar-refractivity contribution >= 4 is 29.1 Å². The van der Waals surface area contributed by atoms with Gasteiger partial charge in [-0.2, -0.15) is 5.10 Å². The van der Waals surface area contributed by atoms with Crippen LogP contribution in [0.5, 0.6) is 0 Å². The molecule has 3 heterocycles. The molecule has 41 heavy (non-hydrogen) atoms. The summed E-state index contributed by atoms with van der Waals surface area (Å²) in [5.41, 5.74) is 0.649. The molecule has 1 amide bonds. The van der Waals surface area contributed by atoms with Crippen molar-refractivity contribution < 1.29 is 24.1 Å². The third-order valence-corrected chi connectivity index (χ3v) is 8.25. The summed E-state index contributed by atoms with van der Waals surface area (Å²) < 4.78 is 24.8. The first kappa shape index (κ1) is 27.8. The largest absolute Gasteiger partial charge is 0.395 e. The third kappa shape index (κ3) is 4.91. The number of amides is 1. The number of benzene rings is 2. The number of hydrogen-bond acceptors (Lipinski definition) is 6. The van der Waals surface area contributed by atoms with Crippen LogP contribution in [-0.4, -0.2) is 54.6 Å². The maximum Gasteiger partial charge on any atom is 0.257 e. The predicted molar refractivity (Wildman–Crippen MR) is 150 cm³/mol. The van der Waals surface area contributed by atoms with Gasteiger partial charge in [-0.25, -0.2) is 4.39 Å². The highest BCUT2D eigenvalue weighted by Gasteiger charge is 2.56. The van der Waals surface area contributed by atoms with Crippen molar-refractivity contribution in [3.63, 3.8) is 0 Å². The minimum absolute atomic E-state index is 0.0105. The standard InChI is InChI=1S/C30H27Cl2FN4O4/c1-36-14-18(12-35-36)26(16-38)17-8-25-28(27(33)9-17)30(41-24-10-23(39)11-24,19-2-4-20(31)5-3-19)37(29(25)40)15-22-7-6-21(32)13-34-22/h2-9,12-14,23-24,26,38-39H,10-11,15-16H2,1H3/t23?,24?,26?,30-/m1/s1. The van der Waals surface area contributed by atoms with E-state index >= 15 is 4.39 Å². The lowest BCUT2D eigenvalue weighted by Crippen LogP contribution is -2.51. The fourth-order valence-electron chi connectivity index (χ4n) is 5.68. The maximum absolute atomic E-state index is 16.5. The minimum atomic E-state index is -1.67. The third-order valence-electron chi connectivity index (χ3n) is 7.77. The van der Waals surface area contributed by atoms with E-state index in [1.165, 1.54) is 17.2 Å². The first-order valence-corrected chi connectivity index (χ1v) is 13.9. The van der Waals surface area contributed by atoms with Crippen molar-refractivity contribution in [3.8, 4) is 0 Å². The highest BCUT2D eigenvalue weighted by atomic mass is 35.5. The van der Waals surface area contributed by atoms with E-state index in [-0.39, 0.29) is 24.3 Å². The molecule has 0 saturated heterocycles. The molecule has 2 aromatic heterocycles. The molecule has 11 heteroatoms. The lowest BCUT2D eigenvalue weighted by molar-refractivity contribution is -0.191. The van der Waals surface area contributed by atoms with Crippen molar-refractivity contribution in [1.82, 2.24) is 19.7 Å². The molecule has 0 bridgehead atoms. The van der Waals surface area contributed by atoms with Crippen LogP contribution in [0, 0.1) is 5.82 Å². The van der Waals surface area contributed by atoms with Gasteiger partial charge in [0.15, 0.2) is 0 Å². The van der Waals surface area contributed by atoms with E-state index in [2.05, 4.69) is 10.1 Å². The summed E-state index contributed by atoms with van der Waals surface area (Å²) in [4.78, 5) is 20.2. The Morgan fingerprint density at radius 1 is 1.10 bits per heavy atom. The van der Waals surface area contributed by atoms with Crippen LogP contribution in [0.25, 0.3) is 0 Å². The fourth-order valence-corrected chi connectivity index (χ4v) is 5.91. The van der Waals surface area contributed by atoms with Gasteiger partial charge in [0.25, 0.3) is 5.91 Å². The van der Waals surface area contributed by atoms with Gasteiger partial charge in [-0.3, -0.25) is 19.4 Å². The van der Waals surface area contributed by atoms with E-state index in [4.69, 9.17) is 27.9 Å². The first-order chi connectivity index (χ1) is 19.7. The zero-order valence-corrected chi connectivity index (χ0v) is 23.6. The van der Waals surface area contributed by atoms with Gasteiger partial charge >= 0.3 is 0 Å². The van der Waals surface area contributed by atoms with Crippen LogP contribution in [0.4, 0.5) is 4.39 Å². The Balaban J connectivity index is 1.55. The number of rotatable bonds is 8. The van der Waals surface area contributed by atoms with Crippen molar-refractivity contribution in [2.75, 3.05) is 6.61 Å². The Hall–Kier alpha value is -3.34. The van der Waals surface area contributed by atoms with Crippen LogP contribution in [0.1, 0.15) is 57.1 Å². The van der Waals surface area contributed by atoms with Crippen LogP contribution < -0.4 is 0 Å². The van der Waals surface area contributed by atoms with E-state index in [1.54, 1.807) is 66.6 Å². The van der Waals surface area contributed by atoms with Gasteiger partial charge in [0.1, 0.15) is 5.82 Å². The summed E-state index contributed by atoms with van der Waals surface area (Å²) in [6.45, 7) is -0.321. The van der Waals surface area contributed by atoms with E-state index in [9.17, 15) is 15.0 Å². The van der Waals surface area contributed by atoms with Gasteiger partial charge in [-0.1, -0.05) is 35.3 Å². The lowest BCUT2D eigenvalue weighted by Gasteiger charge is -2.45. The van der Waals surface area contributed by atoms with Gasteiger partial charge in [-0.05, 0) is 60.4 Å². The Kier molecular flexibility index (Phi) is 7.33. The number of nitrogens with zero attached hydrogens (tertiary/aromatic N) is 4. The number of pyridine rings is 1. The maximum atomic E-state index is 16.5. The summed E-state index contributed by atoms with van der Waals surface area (Å²) in [5, 5.41) is 25.4. The number of aliphatic hydroxyl groups excluding tert-OH is 2. The second-order valence-corrected chi connectivity index (χ2v) is 11.4. The molecule has 2 aliphatic rings. The predicted octanol–water partition coefficient (Wildman–Crippen LogP) is 4.78. The molecule has 0 radical (unpaired) electrons. The van der Waals surface area contributed by atoms with Gasteiger partial charge < -0.3 is 14.9 Å². The minimum Gasteiger partial charge on any atom is -0.395 e. The smallest absolute Gasteiger partial charge is 0.257 e. The second kappa shape index (κ2) is 10.8. The van der Waals surface area contributed by atoms with Crippen LogP contribution >= 0.6 is 23.2 Å². The van der Waals surface area contributed by atoms with Gasteiger partial charge in [0, 0.05) is 35.9 Å². The number of carbonyl (C=O) groups is 1. The highest BCUT2D eigenvalue weighted by Crippen LogP contribution is 2.50. The number of halogens is 3. The monoisotopic (exact) mass is 596 g/mol. The average Bonchev–Trinajstić information content (AvgIpc) is 3.45. The van der Waals surface area contributed by atoms with Crippen LogP contribution in [0.15, 0.2) is 67.1 Å². The normalized spacial score (nSPS) is 22.5. The number of fused-ring (bicyclic) bond motifs is 1. The zero-order chi connectivity index (χ0) is 28.9. The molecule has 4 aromatic rings. The van der Waals surface area contributed by atoms with E-state index in [1.807, 2.05) is 0 Å². The van der Waals surface area contributed by atoms with E-state index in [0.29, 0.717) is 45.3 Å². The van der Waals surface area contributed by atoms with Crippen molar-refractivity contribution in [2.24, 2.45) is 7.05 Å². The molecular formula is C30H27Cl2FN4O4. The molecule has 1 saturated carbocycles. The second-order valence-electron chi connectivity index (χ2n) is 10.5. The number of hydrogen-bond donors (Lipinski definition) is 2. The van der Waals surface area contributed by atoms with Crippen LogP contribution in [0.3, 0.4) is 0 Å². The number of aromatic nitrogens is 3. The topological polar surface area (TPSA) is 101 Å². The molecule has 1 unspecified atom stereocenters. The van der Waals surface area contributed by atoms with Gasteiger partial charge in [0.2, 0.25) is 5.72 Å². The summed E-state index contributed by atoms with van der Waals surface area (Å²) in [6, 6.07) is 13.1. The molecule has 2 atom stereocenters. The summed E-state index contributed by atoms with van der Waals surface area (Å²) >= 11 is 12.3. The fraction of sp³-hybridized carbons (Fsp3) is 0.300. The quantitative estimate of drug-likeness (QED) is 0.303. The van der Waals surface area contributed by atoms with E-state index < -0.39 is 35.6 Å². The molecule has 2 N–H and O–H groups in total. The Morgan fingerprint density at radius 2 is 1.83 bits per heavy atom. The van der Waals surface area contributed by atoms with Crippen molar-refractivity contribution in [2.45, 2.75) is 43.2 Å².